The second-order valence-electron chi connectivity index (χ2n) is 5.18. The lowest BCUT2D eigenvalue weighted by atomic mass is 9.90. The van der Waals surface area contributed by atoms with E-state index in [1.165, 1.54) is 7.11 Å². The molecule has 110 valence electrons. The van der Waals surface area contributed by atoms with Crippen LogP contribution in [0.3, 0.4) is 0 Å². The van der Waals surface area contributed by atoms with Gasteiger partial charge in [-0.15, -0.1) is 0 Å². The first-order chi connectivity index (χ1) is 10.2. The first kappa shape index (κ1) is 13.8. The van der Waals surface area contributed by atoms with Crippen LogP contribution in [0.25, 0.3) is 11.3 Å². The van der Waals surface area contributed by atoms with Crippen molar-refractivity contribution >= 4 is 5.97 Å². The van der Waals surface area contributed by atoms with E-state index in [1.54, 1.807) is 17.1 Å². The van der Waals surface area contributed by atoms with Gasteiger partial charge in [-0.25, -0.2) is 0 Å². The van der Waals surface area contributed by atoms with Crippen LogP contribution in [-0.4, -0.2) is 27.8 Å². The topological polar surface area (TPSA) is 83.0 Å². The van der Waals surface area contributed by atoms with E-state index >= 15 is 0 Å². The highest BCUT2D eigenvalue weighted by Crippen LogP contribution is 2.35. The maximum Gasteiger partial charge on any atom is 0.327 e. The first-order valence-electron chi connectivity index (χ1n) is 7.03. The molecule has 0 aromatic carbocycles. The van der Waals surface area contributed by atoms with Crippen molar-refractivity contribution in [1.82, 2.24) is 14.8 Å². The number of ether oxygens (including phenoxy) is 1. The number of carbonyl (C=O) groups is 1. The summed E-state index contributed by atoms with van der Waals surface area (Å²) in [5.41, 5.74) is 10.1. The zero-order valence-electron chi connectivity index (χ0n) is 12.0. The fourth-order valence-electron chi connectivity index (χ4n) is 2.83. The summed E-state index contributed by atoms with van der Waals surface area (Å²) >= 11 is 0. The second kappa shape index (κ2) is 5.65. The van der Waals surface area contributed by atoms with Crippen molar-refractivity contribution in [1.29, 1.82) is 0 Å². The molecular formula is C15H18N4O2. The maximum absolute atomic E-state index is 11.6. The van der Waals surface area contributed by atoms with E-state index in [-0.39, 0.29) is 18.6 Å². The number of nitrogens with two attached hydrogens (primary N) is 1. The predicted octanol–water partition coefficient (Wildman–Crippen LogP) is 1.45. The highest BCUT2D eigenvalue weighted by molar-refractivity contribution is 5.70. The third-order valence-electron chi connectivity index (χ3n) is 3.84. The van der Waals surface area contributed by atoms with Gasteiger partial charge in [0.1, 0.15) is 6.54 Å². The molecule has 0 saturated heterocycles. The summed E-state index contributed by atoms with van der Waals surface area (Å²) in [5, 5.41) is 4.60. The minimum absolute atomic E-state index is 0.0460. The first-order valence-corrected chi connectivity index (χ1v) is 7.03. The number of rotatable bonds is 3. The molecule has 0 spiro atoms. The van der Waals surface area contributed by atoms with Gasteiger partial charge in [-0.1, -0.05) is 0 Å². The lowest BCUT2D eigenvalue weighted by Crippen LogP contribution is -2.21. The Balaban J connectivity index is 2.10. The quantitative estimate of drug-likeness (QED) is 0.864. The third-order valence-corrected chi connectivity index (χ3v) is 3.84. The summed E-state index contributed by atoms with van der Waals surface area (Å²) in [4.78, 5) is 15.7. The van der Waals surface area contributed by atoms with Gasteiger partial charge in [0.25, 0.3) is 0 Å². The van der Waals surface area contributed by atoms with Gasteiger partial charge in [0, 0.05) is 35.3 Å². The zero-order chi connectivity index (χ0) is 14.8. The molecule has 3 rings (SSSR count). The van der Waals surface area contributed by atoms with Crippen LogP contribution >= 0.6 is 0 Å². The molecular weight excluding hydrogens is 268 g/mol. The number of hydrogen-bond donors (Lipinski definition) is 1. The van der Waals surface area contributed by atoms with Crippen molar-refractivity contribution in [3.8, 4) is 11.3 Å². The van der Waals surface area contributed by atoms with E-state index in [0.717, 1.165) is 41.8 Å². The molecule has 0 fully saturated rings. The lowest BCUT2D eigenvalue weighted by molar-refractivity contribution is -0.141. The molecule has 6 heteroatoms. The van der Waals surface area contributed by atoms with Gasteiger partial charge in [-0.3, -0.25) is 14.5 Å². The molecule has 1 aliphatic carbocycles. The zero-order valence-corrected chi connectivity index (χ0v) is 12.0. The average molecular weight is 286 g/mol. The second-order valence-corrected chi connectivity index (χ2v) is 5.18. The van der Waals surface area contributed by atoms with Gasteiger partial charge in [-0.05, 0) is 31.4 Å². The summed E-state index contributed by atoms with van der Waals surface area (Å²) < 4.78 is 6.47. The lowest BCUT2D eigenvalue weighted by Gasteiger charge is -2.20. The Bertz CT molecular complexity index is 651. The third kappa shape index (κ3) is 2.54. The number of esters is 1. The monoisotopic (exact) mass is 286 g/mol. The molecule has 21 heavy (non-hydrogen) atoms. The molecule has 2 aromatic rings. The molecule has 1 atom stereocenters. The SMILES string of the molecule is COC(=O)Cn1nc(-c2cccnc2)c2c1CCCC2N. The van der Waals surface area contributed by atoms with E-state index in [4.69, 9.17) is 10.5 Å². The molecule has 1 unspecified atom stereocenters. The van der Waals surface area contributed by atoms with Gasteiger partial charge < -0.3 is 10.5 Å². The smallest absolute Gasteiger partial charge is 0.327 e. The maximum atomic E-state index is 11.6. The molecule has 2 heterocycles. The molecule has 0 aliphatic heterocycles. The van der Waals surface area contributed by atoms with Crippen LogP contribution in [0, 0.1) is 0 Å². The van der Waals surface area contributed by atoms with Crippen molar-refractivity contribution in [3.05, 3.63) is 35.8 Å². The summed E-state index contributed by atoms with van der Waals surface area (Å²) in [6.07, 6.45) is 6.32. The van der Waals surface area contributed by atoms with E-state index in [0.29, 0.717) is 0 Å². The van der Waals surface area contributed by atoms with E-state index in [2.05, 4.69) is 10.1 Å². The largest absolute Gasteiger partial charge is 0.468 e. The number of carbonyl (C=O) groups excluding carboxylic acids is 1. The predicted molar refractivity (Wildman–Crippen MR) is 77.3 cm³/mol. The van der Waals surface area contributed by atoms with E-state index in [9.17, 15) is 4.79 Å². The van der Waals surface area contributed by atoms with Crippen LogP contribution in [0.15, 0.2) is 24.5 Å². The average Bonchev–Trinajstić information content (AvgIpc) is 2.88. The minimum Gasteiger partial charge on any atom is -0.468 e. The fourth-order valence-corrected chi connectivity index (χ4v) is 2.83. The Morgan fingerprint density at radius 1 is 1.57 bits per heavy atom. The van der Waals surface area contributed by atoms with E-state index < -0.39 is 0 Å². The van der Waals surface area contributed by atoms with Crippen LogP contribution in [0.4, 0.5) is 0 Å². The van der Waals surface area contributed by atoms with Crippen LogP contribution in [0.1, 0.15) is 30.1 Å². The number of pyridine rings is 1. The molecule has 0 saturated carbocycles. The minimum atomic E-state index is -0.308. The molecule has 2 aromatic heterocycles. The molecule has 0 radical (unpaired) electrons. The van der Waals surface area contributed by atoms with E-state index in [1.807, 2.05) is 12.1 Å². The van der Waals surface area contributed by atoms with Crippen molar-refractivity contribution in [2.24, 2.45) is 5.73 Å². The number of nitrogens with zero attached hydrogens (tertiary/aromatic N) is 3. The van der Waals surface area contributed by atoms with Gasteiger partial charge >= 0.3 is 5.97 Å². The summed E-state index contributed by atoms with van der Waals surface area (Å²) in [6.45, 7) is 0.117. The highest BCUT2D eigenvalue weighted by atomic mass is 16.5. The molecule has 1 aliphatic rings. The molecule has 2 N–H and O–H groups in total. The van der Waals surface area contributed by atoms with Gasteiger partial charge in [0.2, 0.25) is 0 Å². The Morgan fingerprint density at radius 3 is 3.14 bits per heavy atom. The molecule has 0 bridgehead atoms. The van der Waals surface area contributed by atoms with Crippen molar-refractivity contribution in [2.75, 3.05) is 7.11 Å². The van der Waals surface area contributed by atoms with Crippen molar-refractivity contribution in [2.45, 2.75) is 31.8 Å². The summed E-state index contributed by atoms with van der Waals surface area (Å²) in [5.74, 6) is -0.308. The number of aromatic nitrogens is 3. The summed E-state index contributed by atoms with van der Waals surface area (Å²) in [7, 11) is 1.38. The number of fused-ring (bicyclic) bond motifs is 1. The van der Waals surface area contributed by atoms with Gasteiger partial charge in [0.05, 0.1) is 12.8 Å². The fraction of sp³-hybridized carbons (Fsp3) is 0.400. The van der Waals surface area contributed by atoms with Crippen LogP contribution in [-0.2, 0) is 22.5 Å². The molecule has 6 nitrogen and oxygen atoms in total. The van der Waals surface area contributed by atoms with Gasteiger partial charge in [0.15, 0.2) is 0 Å². The normalized spacial score (nSPS) is 17.3. The molecule has 0 amide bonds. The Labute approximate surface area is 122 Å². The number of methoxy groups -OCH3 is 1. The number of hydrogen-bond acceptors (Lipinski definition) is 5. The Kier molecular flexibility index (Phi) is 3.70. The van der Waals surface area contributed by atoms with Crippen molar-refractivity contribution in [3.63, 3.8) is 0 Å². The van der Waals surface area contributed by atoms with Crippen LogP contribution in [0.5, 0.6) is 0 Å². The Morgan fingerprint density at radius 2 is 2.43 bits per heavy atom. The van der Waals surface area contributed by atoms with Crippen molar-refractivity contribution < 1.29 is 9.53 Å². The summed E-state index contributed by atoms with van der Waals surface area (Å²) in [6, 6.07) is 3.78. The Hall–Kier alpha value is -2.21. The van der Waals surface area contributed by atoms with Gasteiger partial charge in [-0.2, -0.15) is 5.10 Å². The highest BCUT2D eigenvalue weighted by Gasteiger charge is 2.27. The van der Waals surface area contributed by atoms with Crippen LogP contribution in [0.2, 0.25) is 0 Å². The van der Waals surface area contributed by atoms with Crippen LogP contribution < -0.4 is 5.73 Å². The standard InChI is InChI=1S/C15H18N4O2/c1-21-13(20)9-19-12-6-2-5-11(16)14(12)15(18-19)10-4-3-7-17-8-10/h3-4,7-8,11H,2,5-6,9,16H2,1H3.